The van der Waals surface area contributed by atoms with Crippen molar-refractivity contribution in [2.75, 3.05) is 4.90 Å². The van der Waals surface area contributed by atoms with E-state index in [4.69, 9.17) is 15.0 Å². The van der Waals surface area contributed by atoms with Crippen molar-refractivity contribution >= 4 is 55.8 Å². The van der Waals surface area contributed by atoms with E-state index in [-0.39, 0.29) is 5.41 Å². The van der Waals surface area contributed by atoms with Crippen molar-refractivity contribution in [2.24, 2.45) is 0 Å². The number of hydrogen-bond acceptors (Lipinski definition) is 4. The van der Waals surface area contributed by atoms with Gasteiger partial charge in [-0.15, -0.1) is 0 Å². The van der Waals surface area contributed by atoms with Crippen LogP contribution in [0.5, 0.6) is 0 Å². The molecule has 8 aromatic carbocycles. The van der Waals surface area contributed by atoms with E-state index in [1.807, 2.05) is 12.1 Å². The Morgan fingerprint density at radius 1 is 0.433 bits per heavy atom. The van der Waals surface area contributed by atoms with E-state index in [1.54, 1.807) is 0 Å². The Balaban J connectivity index is 1.05. The number of rotatable bonds is 6. The minimum Gasteiger partial charge on any atom is -0.310 e. The number of hydrogen-bond donors (Lipinski definition) is 0. The second kappa shape index (κ2) is 13.1. The molecule has 3 aromatic heterocycles. The van der Waals surface area contributed by atoms with Crippen molar-refractivity contribution < 1.29 is 0 Å². The maximum atomic E-state index is 5.44. The fourth-order valence-corrected chi connectivity index (χ4v) is 9.44. The zero-order chi connectivity index (χ0) is 40.0. The van der Waals surface area contributed by atoms with Gasteiger partial charge in [0.1, 0.15) is 0 Å². The topological polar surface area (TPSA) is 51.2 Å². The number of benzene rings is 8. The summed E-state index contributed by atoms with van der Waals surface area (Å²) in [5.74, 6) is 1.35. The molecule has 60 heavy (non-hydrogen) atoms. The lowest BCUT2D eigenvalue weighted by molar-refractivity contribution is 0.660. The predicted octanol–water partition coefficient (Wildman–Crippen LogP) is 13.5. The third-order valence-corrected chi connectivity index (χ3v) is 12.3. The van der Waals surface area contributed by atoms with Crippen LogP contribution in [0.4, 0.5) is 17.1 Å². The third kappa shape index (κ3) is 5.17. The van der Waals surface area contributed by atoms with Gasteiger partial charge in [0.25, 0.3) is 0 Å². The van der Waals surface area contributed by atoms with Crippen molar-refractivity contribution in [3.05, 3.63) is 205 Å². The van der Waals surface area contributed by atoms with Crippen molar-refractivity contribution in [2.45, 2.75) is 19.3 Å². The van der Waals surface area contributed by atoms with Gasteiger partial charge in [0.05, 0.1) is 33.3 Å². The molecule has 0 aliphatic heterocycles. The Kier molecular flexibility index (Phi) is 7.47. The largest absolute Gasteiger partial charge is 0.310 e. The molecule has 0 bridgehead atoms. The fraction of sp³-hybridized carbons (Fsp3) is 0.0556. The van der Waals surface area contributed by atoms with Crippen LogP contribution in [-0.2, 0) is 5.41 Å². The molecule has 1 aliphatic carbocycles. The van der Waals surface area contributed by atoms with Crippen molar-refractivity contribution in [1.82, 2.24) is 23.9 Å². The first-order chi connectivity index (χ1) is 29.5. The number of anilines is 3. The molecule has 6 nitrogen and oxygen atoms in total. The van der Waals surface area contributed by atoms with Crippen molar-refractivity contribution in [3.63, 3.8) is 0 Å². The Labute approximate surface area is 347 Å². The average Bonchev–Trinajstić information content (AvgIpc) is 3.91. The van der Waals surface area contributed by atoms with Gasteiger partial charge >= 0.3 is 0 Å². The molecular formula is C54H38N6. The molecule has 0 saturated carbocycles. The number of fused-ring (bicyclic) bond motifs is 9. The van der Waals surface area contributed by atoms with Crippen LogP contribution in [0, 0.1) is 0 Å². The van der Waals surface area contributed by atoms with E-state index in [9.17, 15) is 0 Å². The lowest BCUT2D eigenvalue weighted by atomic mass is 9.82. The summed E-state index contributed by atoms with van der Waals surface area (Å²) >= 11 is 0. The first kappa shape index (κ1) is 34.2. The zero-order valence-corrected chi connectivity index (χ0v) is 33.2. The van der Waals surface area contributed by atoms with Crippen molar-refractivity contribution in [1.29, 1.82) is 0 Å². The predicted molar refractivity (Wildman–Crippen MR) is 246 cm³/mol. The van der Waals surface area contributed by atoms with E-state index >= 15 is 0 Å². The van der Waals surface area contributed by atoms with Crippen LogP contribution in [0.1, 0.15) is 25.0 Å². The molecule has 0 spiro atoms. The monoisotopic (exact) mass is 770 g/mol. The van der Waals surface area contributed by atoms with Gasteiger partial charge in [0, 0.05) is 33.4 Å². The van der Waals surface area contributed by atoms with Crippen LogP contribution in [0.3, 0.4) is 0 Å². The number of aromatic nitrogens is 5. The minimum atomic E-state index is -0.141. The zero-order valence-electron chi connectivity index (χ0n) is 33.2. The Bertz CT molecular complexity index is 3470. The van der Waals surface area contributed by atoms with Gasteiger partial charge in [-0.3, -0.25) is 4.40 Å². The highest BCUT2D eigenvalue weighted by molar-refractivity contribution is 5.96. The summed E-state index contributed by atoms with van der Waals surface area (Å²) in [6.45, 7) is 4.68. The second-order valence-corrected chi connectivity index (χ2v) is 16.1. The normalized spacial score (nSPS) is 13.0. The third-order valence-electron chi connectivity index (χ3n) is 12.3. The molecule has 1 aliphatic rings. The lowest BCUT2D eigenvalue weighted by Crippen LogP contribution is -2.16. The van der Waals surface area contributed by atoms with Crippen LogP contribution >= 0.6 is 0 Å². The maximum absolute atomic E-state index is 5.44. The summed E-state index contributed by atoms with van der Waals surface area (Å²) in [6, 6.07) is 69.0. The average molecular weight is 771 g/mol. The maximum Gasteiger partial charge on any atom is 0.238 e. The van der Waals surface area contributed by atoms with Gasteiger partial charge in [-0.25, -0.2) is 19.5 Å². The van der Waals surface area contributed by atoms with Crippen LogP contribution in [-0.4, -0.2) is 23.9 Å². The molecule has 11 aromatic rings. The standard InChI is InChI=1S/C54H38N6/c1-54(2)44-21-8-6-19-41(44)42-32-31-40(34-45(42)54)58(38-29-27-36(28-30-38)35-15-4-3-5-16-35)39-18-14-17-37(33-39)51-43-20-7-9-22-46(43)55-52(57-51)60-50-26-13-12-25-49(50)59-48-24-11-10-23-47(48)56-53(59)60/h3-34H,1-2H3. The fourth-order valence-electron chi connectivity index (χ4n) is 9.44. The molecule has 0 fully saturated rings. The quantitative estimate of drug-likeness (QED) is 0.169. The molecule has 0 N–H and O–H groups in total. The SMILES string of the molecule is CC1(C)c2ccccc2-c2ccc(N(c3ccc(-c4ccccc4)cc3)c3cccc(-c4nc(-n5c6ccccc6n6c7ccccc7nc56)nc5ccccc45)c3)cc21. The molecule has 12 rings (SSSR count). The van der Waals surface area contributed by atoms with Gasteiger partial charge in [0.15, 0.2) is 0 Å². The van der Waals surface area contributed by atoms with Crippen LogP contribution in [0.2, 0.25) is 0 Å². The summed E-state index contributed by atoms with van der Waals surface area (Å²) in [5.41, 5.74) is 17.5. The molecule has 0 saturated heterocycles. The Morgan fingerprint density at radius 2 is 1.07 bits per heavy atom. The highest BCUT2D eigenvalue weighted by atomic mass is 15.3. The highest BCUT2D eigenvalue weighted by Gasteiger charge is 2.35. The lowest BCUT2D eigenvalue weighted by Gasteiger charge is -2.28. The summed E-state index contributed by atoms with van der Waals surface area (Å²) in [4.78, 5) is 18.2. The smallest absolute Gasteiger partial charge is 0.238 e. The molecule has 3 heterocycles. The van der Waals surface area contributed by atoms with Crippen LogP contribution in [0.15, 0.2) is 194 Å². The second-order valence-electron chi connectivity index (χ2n) is 16.1. The molecule has 0 unspecified atom stereocenters. The molecule has 284 valence electrons. The Hall–Kier alpha value is -7.83. The van der Waals surface area contributed by atoms with E-state index < -0.39 is 0 Å². The number of para-hydroxylation sites is 5. The summed E-state index contributed by atoms with van der Waals surface area (Å²) in [5, 5.41) is 0.982. The van der Waals surface area contributed by atoms with E-state index in [0.717, 1.165) is 67.1 Å². The Morgan fingerprint density at radius 3 is 1.92 bits per heavy atom. The van der Waals surface area contributed by atoms with Gasteiger partial charge in [-0.2, -0.15) is 0 Å². The van der Waals surface area contributed by atoms with Crippen molar-refractivity contribution in [3.8, 4) is 39.5 Å². The van der Waals surface area contributed by atoms with Gasteiger partial charge < -0.3 is 4.90 Å². The summed E-state index contributed by atoms with van der Waals surface area (Å²) in [6.07, 6.45) is 0. The van der Waals surface area contributed by atoms with E-state index in [2.05, 4.69) is 210 Å². The van der Waals surface area contributed by atoms with E-state index in [1.165, 1.54) is 33.4 Å². The van der Waals surface area contributed by atoms with Gasteiger partial charge in [0.2, 0.25) is 11.7 Å². The van der Waals surface area contributed by atoms with Crippen LogP contribution in [0.25, 0.3) is 78.2 Å². The first-order valence-corrected chi connectivity index (χ1v) is 20.5. The van der Waals surface area contributed by atoms with Crippen LogP contribution < -0.4 is 4.90 Å². The minimum absolute atomic E-state index is 0.141. The molecule has 6 heteroatoms. The van der Waals surface area contributed by atoms with Gasteiger partial charge in [-0.1, -0.05) is 141 Å². The summed E-state index contributed by atoms with van der Waals surface area (Å²) < 4.78 is 4.31. The first-order valence-electron chi connectivity index (χ1n) is 20.5. The molecule has 0 atom stereocenters. The molecular weight excluding hydrogens is 733 g/mol. The molecule has 0 amide bonds. The van der Waals surface area contributed by atoms with E-state index in [0.29, 0.717) is 5.95 Å². The highest BCUT2D eigenvalue weighted by Crippen LogP contribution is 2.51. The number of nitrogens with zero attached hydrogens (tertiary/aromatic N) is 6. The van der Waals surface area contributed by atoms with Gasteiger partial charge in [-0.05, 0) is 100 Å². The summed E-state index contributed by atoms with van der Waals surface area (Å²) in [7, 11) is 0. The number of imidazole rings is 2. The molecule has 0 radical (unpaired) electrons.